The number of carbonyl (C=O) groups is 1. The van der Waals surface area contributed by atoms with E-state index in [1.165, 1.54) is 18.4 Å². The summed E-state index contributed by atoms with van der Waals surface area (Å²) in [5.41, 5.74) is 8.22. The molecule has 0 aromatic carbocycles. The van der Waals surface area contributed by atoms with Crippen LogP contribution in [0, 0.1) is 5.92 Å². The zero-order valence-electron chi connectivity index (χ0n) is 7.79. The monoisotopic (exact) mass is 181 g/mol. The minimum absolute atomic E-state index is 0.534. The Kier molecular flexibility index (Phi) is 3.49. The van der Waals surface area contributed by atoms with Crippen molar-refractivity contribution in [3.8, 4) is 0 Å². The van der Waals surface area contributed by atoms with Crippen LogP contribution < -0.4 is 11.2 Å². The number of primary amides is 1. The number of urea groups is 1. The molecule has 0 aromatic heterocycles. The van der Waals surface area contributed by atoms with Gasteiger partial charge in [0.2, 0.25) is 0 Å². The van der Waals surface area contributed by atoms with Crippen LogP contribution in [0.4, 0.5) is 4.79 Å². The maximum absolute atomic E-state index is 10.3. The summed E-state index contributed by atoms with van der Waals surface area (Å²) < 4.78 is 0. The molecule has 0 fully saturated rings. The molecule has 0 bridgehead atoms. The first-order valence-electron chi connectivity index (χ1n) is 4.48. The van der Waals surface area contributed by atoms with Crippen molar-refractivity contribution in [2.75, 3.05) is 0 Å². The van der Waals surface area contributed by atoms with Gasteiger partial charge in [0.25, 0.3) is 0 Å². The second kappa shape index (κ2) is 4.64. The van der Waals surface area contributed by atoms with E-state index in [-0.39, 0.29) is 0 Å². The third kappa shape index (κ3) is 3.27. The molecule has 1 rings (SSSR count). The average molecular weight is 181 g/mol. The first kappa shape index (κ1) is 9.77. The van der Waals surface area contributed by atoms with Crippen LogP contribution in [0.3, 0.4) is 0 Å². The quantitative estimate of drug-likeness (QED) is 0.490. The number of hydrazone groups is 1. The minimum Gasteiger partial charge on any atom is -0.350 e. The normalized spacial score (nSPS) is 22.8. The highest BCUT2D eigenvalue weighted by atomic mass is 16.2. The summed E-state index contributed by atoms with van der Waals surface area (Å²) in [6, 6.07) is -0.625. The number of amides is 2. The van der Waals surface area contributed by atoms with Crippen LogP contribution in [0.1, 0.15) is 26.2 Å². The molecule has 0 heterocycles. The van der Waals surface area contributed by atoms with Gasteiger partial charge in [-0.15, -0.1) is 0 Å². The molecule has 0 aromatic rings. The molecule has 2 amide bonds. The summed E-state index contributed by atoms with van der Waals surface area (Å²) >= 11 is 0. The molecule has 72 valence electrons. The van der Waals surface area contributed by atoms with Crippen LogP contribution in [0.5, 0.6) is 0 Å². The Morgan fingerprint density at radius 1 is 1.85 bits per heavy atom. The molecule has 4 heteroatoms. The molecule has 1 unspecified atom stereocenters. The highest BCUT2D eigenvalue weighted by Crippen LogP contribution is 2.22. The van der Waals surface area contributed by atoms with Crippen LogP contribution in [-0.2, 0) is 0 Å². The standard InChI is InChI=1S/C9H15N3O/c1-7-4-2-3-5-8(7)6-11-12-9(10)13/h5-7H,2-4H2,1H3,(H3,10,12,13)/b11-6+. The third-order valence-corrected chi connectivity index (χ3v) is 2.18. The number of nitrogens with one attached hydrogen (secondary N) is 1. The maximum Gasteiger partial charge on any atom is 0.332 e. The van der Waals surface area contributed by atoms with E-state index in [2.05, 4.69) is 23.5 Å². The fourth-order valence-corrected chi connectivity index (χ4v) is 1.41. The van der Waals surface area contributed by atoms with E-state index in [1.54, 1.807) is 6.21 Å². The molecular weight excluding hydrogens is 166 g/mol. The number of hydrogen-bond acceptors (Lipinski definition) is 2. The molecule has 1 atom stereocenters. The summed E-state index contributed by atoms with van der Waals surface area (Å²) in [6.45, 7) is 2.15. The lowest BCUT2D eigenvalue weighted by Gasteiger charge is -2.16. The Morgan fingerprint density at radius 3 is 3.23 bits per heavy atom. The van der Waals surface area contributed by atoms with Gasteiger partial charge in [-0.25, -0.2) is 10.2 Å². The summed E-state index contributed by atoms with van der Waals surface area (Å²) in [5, 5.41) is 3.73. The lowest BCUT2D eigenvalue weighted by atomic mass is 9.90. The molecule has 1 aliphatic rings. The number of nitrogens with two attached hydrogens (primary N) is 1. The van der Waals surface area contributed by atoms with Crippen molar-refractivity contribution >= 4 is 12.2 Å². The van der Waals surface area contributed by atoms with E-state index < -0.39 is 6.03 Å². The van der Waals surface area contributed by atoms with Gasteiger partial charge in [-0.2, -0.15) is 5.10 Å². The molecule has 0 saturated heterocycles. The van der Waals surface area contributed by atoms with Crippen molar-refractivity contribution in [3.63, 3.8) is 0 Å². The van der Waals surface area contributed by atoms with E-state index in [9.17, 15) is 4.79 Å². The zero-order chi connectivity index (χ0) is 9.68. The molecule has 1 aliphatic carbocycles. The average Bonchev–Trinajstić information content (AvgIpc) is 2.08. The fourth-order valence-electron chi connectivity index (χ4n) is 1.41. The first-order chi connectivity index (χ1) is 6.20. The largest absolute Gasteiger partial charge is 0.350 e. The van der Waals surface area contributed by atoms with Gasteiger partial charge in [-0.05, 0) is 30.8 Å². The van der Waals surface area contributed by atoms with Gasteiger partial charge >= 0.3 is 6.03 Å². The number of hydrogen-bond donors (Lipinski definition) is 2. The van der Waals surface area contributed by atoms with Crippen LogP contribution in [0.15, 0.2) is 16.8 Å². The molecule has 0 saturated carbocycles. The first-order valence-corrected chi connectivity index (χ1v) is 4.48. The van der Waals surface area contributed by atoms with E-state index >= 15 is 0 Å². The molecule has 0 spiro atoms. The molecule has 4 nitrogen and oxygen atoms in total. The van der Waals surface area contributed by atoms with Crippen LogP contribution in [0.25, 0.3) is 0 Å². The Bertz CT molecular complexity index is 245. The van der Waals surface area contributed by atoms with Gasteiger partial charge in [0, 0.05) is 0 Å². The van der Waals surface area contributed by atoms with Crippen molar-refractivity contribution in [1.82, 2.24) is 5.43 Å². The number of allylic oxidation sites excluding steroid dienone is 2. The lowest BCUT2D eigenvalue weighted by Crippen LogP contribution is -2.24. The predicted molar refractivity (Wildman–Crippen MR) is 52.3 cm³/mol. The Morgan fingerprint density at radius 2 is 2.62 bits per heavy atom. The van der Waals surface area contributed by atoms with E-state index in [0.717, 1.165) is 6.42 Å². The summed E-state index contributed by atoms with van der Waals surface area (Å²) in [6.07, 6.45) is 7.35. The minimum atomic E-state index is -0.625. The third-order valence-electron chi connectivity index (χ3n) is 2.18. The Balaban J connectivity index is 2.47. The zero-order valence-corrected chi connectivity index (χ0v) is 7.79. The van der Waals surface area contributed by atoms with E-state index in [1.807, 2.05) is 0 Å². The van der Waals surface area contributed by atoms with Crippen molar-refractivity contribution in [2.45, 2.75) is 26.2 Å². The van der Waals surface area contributed by atoms with Crippen LogP contribution in [-0.4, -0.2) is 12.2 Å². The van der Waals surface area contributed by atoms with Gasteiger partial charge in [0.05, 0.1) is 6.21 Å². The Labute approximate surface area is 77.9 Å². The topological polar surface area (TPSA) is 67.5 Å². The predicted octanol–water partition coefficient (Wildman–Crippen LogP) is 1.39. The smallest absolute Gasteiger partial charge is 0.332 e. The number of carbonyl (C=O) groups excluding carboxylic acids is 1. The highest BCUT2D eigenvalue weighted by molar-refractivity contribution is 5.81. The van der Waals surface area contributed by atoms with Gasteiger partial charge in [0.1, 0.15) is 0 Å². The molecular formula is C9H15N3O. The van der Waals surface area contributed by atoms with Crippen molar-refractivity contribution in [2.24, 2.45) is 16.8 Å². The molecule has 13 heavy (non-hydrogen) atoms. The SMILES string of the molecule is CC1CCCC=C1/C=N/NC(N)=O. The summed E-state index contributed by atoms with van der Waals surface area (Å²) in [7, 11) is 0. The second-order valence-corrected chi connectivity index (χ2v) is 3.27. The van der Waals surface area contributed by atoms with Gasteiger partial charge in [-0.3, -0.25) is 0 Å². The summed E-state index contributed by atoms with van der Waals surface area (Å²) in [5.74, 6) is 0.534. The van der Waals surface area contributed by atoms with Crippen molar-refractivity contribution in [1.29, 1.82) is 0 Å². The van der Waals surface area contributed by atoms with Crippen molar-refractivity contribution < 1.29 is 4.79 Å². The second-order valence-electron chi connectivity index (χ2n) is 3.27. The molecule has 0 aliphatic heterocycles. The van der Waals surface area contributed by atoms with Crippen LogP contribution in [0.2, 0.25) is 0 Å². The van der Waals surface area contributed by atoms with Gasteiger partial charge in [-0.1, -0.05) is 13.0 Å². The number of nitrogens with zero attached hydrogens (tertiary/aromatic N) is 1. The lowest BCUT2D eigenvalue weighted by molar-refractivity contribution is 0.249. The maximum atomic E-state index is 10.3. The van der Waals surface area contributed by atoms with E-state index in [0.29, 0.717) is 5.92 Å². The molecule has 3 N–H and O–H groups in total. The van der Waals surface area contributed by atoms with E-state index in [4.69, 9.17) is 5.73 Å². The van der Waals surface area contributed by atoms with Gasteiger partial charge in [0.15, 0.2) is 0 Å². The van der Waals surface area contributed by atoms with Crippen molar-refractivity contribution in [3.05, 3.63) is 11.6 Å². The van der Waals surface area contributed by atoms with Crippen LogP contribution >= 0.6 is 0 Å². The Hall–Kier alpha value is -1.32. The fraction of sp³-hybridized carbons (Fsp3) is 0.556. The highest BCUT2D eigenvalue weighted by Gasteiger charge is 2.10. The van der Waals surface area contributed by atoms with Gasteiger partial charge < -0.3 is 5.73 Å². The molecule has 0 radical (unpaired) electrons. The number of rotatable bonds is 2. The summed E-state index contributed by atoms with van der Waals surface area (Å²) in [4.78, 5) is 10.3.